The molecule has 0 fully saturated rings. The van der Waals surface area contributed by atoms with Gasteiger partial charge in [0.2, 0.25) is 0 Å². The summed E-state index contributed by atoms with van der Waals surface area (Å²) < 4.78 is 0.203. The summed E-state index contributed by atoms with van der Waals surface area (Å²) in [7, 11) is 0. The molecule has 0 aliphatic carbocycles. The Morgan fingerprint density at radius 2 is 2.30 bits per heavy atom. The van der Waals surface area contributed by atoms with Crippen LogP contribution in [0.2, 0.25) is 0 Å². The quantitative estimate of drug-likeness (QED) is 0.500. The Balaban J connectivity index is 2.73. The van der Waals surface area contributed by atoms with Gasteiger partial charge in [-0.1, -0.05) is 28.7 Å². The zero-order chi connectivity index (χ0) is 7.61. The standard InChI is InChI=1S/C8H12IN/c1-8(2,9)7-5-3-4-6-10-7/h3,5H,4,6H2,1-2H3. The second-order valence-electron chi connectivity index (χ2n) is 2.93. The van der Waals surface area contributed by atoms with Crippen molar-refractivity contribution >= 4 is 28.3 Å². The summed E-state index contributed by atoms with van der Waals surface area (Å²) in [5.74, 6) is 0. The fourth-order valence-electron chi connectivity index (χ4n) is 0.893. The van der Waals surface area contributed by atoms with Gasteiger partial charge >= 0.3 is 0 Å². The third-order valence-corrected chi connectivity index (χ3v) is 2.02. The van der Waals surface area contributed by atoms with Gasteiger partial charge in [0.25, 0.3) is 0 Å². The zero-order valence-electron chi connectivity index (χ0n) is 6.39. The lowest BCUT2D eigenvalue weighted by atomic mass is 10.1. The molecule has 0 N–H and O–H groups in total. The predicted octanol–water partition coefficient (Wildman–Crippen LogP) is 2.60. The van der Waals surface area contributed by atoms with Crippen molar-refractivity contribution in [2.24, 2.45) is 4.99 Å². The van der Waals surface area contributed by atoms with Gasteiger partial charge in [-0.15, -0.1) is 0 Å². The van der Waals surface area contributed by atoms with Crippen molar-refractivity contribution in [3.8, 4) is 0 Å². The van der Waals surface area contributed by atoms with Crippen LogP contribution in [-0.2, 0) is 0 Å². The Morgan fingerprint density at radius 3 is 2.60 bits per heavy atom. The maximum atomic E-state index is 4.42. The number of halogens is 1. The van der Waals surface area contributed by atoms with Crippen LogP contribution in [0.1, 0.15) is 20.3 Å². The van der Waals surface area contributed by atoms with Crippen molar-refractivity contribution in [3.05, 3.63) is 12.2 Å². The minimum Gasteiger partial charge on any atom is -0.288 e. The molecule has 0 aromatic rings. The summed E-state index contributed by atoms with van der Waals surface area (Å²) in [6.07, 6.45) is 5.44. The minimum atomic E-state index is 0.203. The predicted molar refractivity (Wildman–Crippen MR) is 54.2 cm³/mol. The van der Waals surface area contributed by atoms with E-state index in [1.165, 1.54) is 5.71 Å². The number of dihydropyridines is 1. The Kier molecular flexibility index (Phi) is 2.50. The average Bonchev–Trinajstić information content (AvgIpc) is 1.88. The van der Waals surface area contributed by atoms with Crippen LogP contribution in [0.25, 0.3) is 0 Å². The first-order valence-electron chi connectivity index (χ1n) is 3.51. The van der Waals surface area contributed by atoms with Crippen LogP contribution in [0, 0.1) is 0 Å². The Bertz CT molecular complexity index is 174. The van der Waals surface area contributed by atoms with Crippen LogP contribution < -0.4 is 0 Å². The van der Waals surface area contributed by atoms with Crippen LogP contribution in [0.3, 0.4) is 0 Å². The highest BCUT2D eigenvalue weighted by molar-refractivity contribution is 14.1. The molecule has 1 heterocycles. The van der Waals surface area contributed by atoms with Gasteiger partial charge in [0.05, 0.1) is 3.42 Å². The van der Waals surface area contributed by atoms with Crippen LogP contribution in [0.15, 0.2) is 17.1 Å². The number of hydrogen-bond acceptors (Lipinski definition) is 1. The molecule has 1 aliphatic heterocycles. The highest BCUT2D eigenvalue weighted by atomic mass is 127. The van der Waals surface area contributed by atoms with Crippen molar-refractivity contribution < 1.29 is 0 Å². The maximum absolute atomic E-state index is 4.42. The monoisotopic (exact) mass is 249 g/mol. The van der Waals surface area contributed by atoms with E-state index in [4.69, 9.17) is 0 Å². The van der Waals surface area contributed by atoms with Gasteiger partial charge in [0, 0.05) is 12.3 Å². The van der Waals surface area contributed by atoms with E-state index in [9.17, 15) is 0 Å². The van der Waals surface area contributed by atoms with E-state index in [1.54, 1.807) is 0 Å². The molecule has 1 aliphatic rings. The molecule has 56 valence electrons. The molecule has 0 radical (unpaired) electrons. The van der Waals surface area contributed by atoms with Gasteiger partial charge in [0.15, 0.2) is 0 Å². The van der Waals surface area contributed by atoms with Crippen molar-refractivity contribution in [2.45, 2.75) is 23.7 Å². The normalized spacial score (nSPS) is 18.9. The van der Waals surface area contributed by atoms with Crippen LogP contribution >= 0.6 is 22.6 Å². The average molecular weight is 249 g/mol. The smallest absolute Gasteiger partial charge is 0.0581 e. The number of aliphatic imine (C=N–C) groups is 1. The molecule has 1 nitrogen and oxygen atoms in total. The zero-order valence-corrected chi connectivity index (χ0v) is 8.55. The van der Waals surface area contributed by atoms with E-state index in [-0.39, 0.29) is 3.42 Å². The summed E-state index contributed by atoms with van der Waals surface area (Å²) in [5, 5.41) is 0. The highest BCUT2D eigenvalue weighted by Crippen LogP contribution is 2.21. The van der Waals surface area contributed by atoms with Crippen LogP contribution in [0.5, 0.6) is 0 Å². The van der Waals surface area contributed by atoms with E-state index < -0.39 is 0 Å². The molecule has 0 saturated carbocycles. The molecular formula is C8H12IN. The summed E-state index contributed by atoms with van der Waals surface area (Å²) in [6, 6.07) is 0. The second kappa shape index (κ2) is 3.03. The lowest BCUT2D eigenvalue weighted by Crippen LogP contribution is -2.23. The Morgan fingerprint density at radius 1 is 1.60 bits per heavy atom. The van der Waals surface area contributed by atoms with Gasteiger partial charge < -0.3 is 0 Å². The molecule has 0 aromatic heterocycles. The number of allylic oxidation sites excluding steroid dienone is 1. The largest absolute Gasteiger partial charge is 0.288 e. The molecule has 0 bridgehead atoms. The van der Waals surface area contributed by atoms with E-state index in [2.05, 4.69) is 53.6 Å². The first kappa shape index (κ1) is 8.24. The fraction of sp³-hybridized carbons (Fsp3) is 0.625. The Labute approximate surface area is 75.8 Å². The molecular weight excluding hydrogens is 237 g/mol. The minimum absolute atomic E-state index is 0.203. The fourth-order valence-corrected chi connectivity index (χ4v) is 1.24. The topological polar surface area (TPSA) is 12.4 Å². The van der Waals surface area contributed by atoms with Crippen molar-refractivity contribution in [3.63, 3.8) is 0 Å². The van der Waals surface area contributed by atoms with Crippen LogP contribution in [-0.4, -0.2) is 15.7 Å². The Hall–Kier alpha value is 0.140. The van der Waals surface area contributed by atoms with E-state index in [0.717, 1.165) is 13.0 Å². The van der Waals surface area contributed by atoms with Crippen molar-refractivity contribution in [2.75, 3.05) is 6.54 Å². The molecule has 0 aromatic carbocycles. The summed E-state index contributed by atoms with van der Waals surface area (Å²) in [6.45, 7) is 5.34. The molecule has 1 rings (SSSR count). The molecule has 0 saturated heterocycles. The van der Waals surface area contributed by atoms with Gasteiger partial charge in [-0.3, -0.25) is 4.99 Å². The van der Waals surface area contributed by atoms with Crippen LogP contribution in [0.4, 0.5) is 0 Å². The molecule has 0 atom stereocenters. The number of hydrogen-bond donors (Lipinski definition) is 0. The molecule has 10 heavy (non-hydrogen) atoms. The van der Waals surface area contributed by atoms with E-state index >= 15 is 0 Å². The summed E-state index contributed by atoms with van der Waals surface area (Å²) in [5.41, 5.74) is 1.22. The number of nitrogens with zero attached hydrogens (tertiary/aromatic N) is 1. The SMILES string of the molecule is CC(C)(I)C1=NCCC=C1. The maximum Gasteiger partial charge on any atom is 0.0581 e. The first-order chi connectivity index (χ1) is 4.61. The van der Waals surface area contributed by atoms with E-state index in [1.807, 2.05) is 0 Å². The molecule has 2 heteroatoms. The lowest BCUT2D eigenvalue weighted by Gasteiger charge is -2.18. The van der Waals surface area contributed by atoms with Crippen molar-refractivity contribution in [1.29, 1.82) is 0 Å². The number of alkyl halides is 1. The van der Waals surface area contributed by atoms with Crippen molar-refractivity contribution in [1.82, 2.24) is 0 Å². The summed E-state index contributed by atoms with van der Waals surface area (Å²) in [4.78, 5) is 4.42. The van der Waals surface area contributed by atoms with Gasteiger partial charge in [-0.05, 0) is 26.3 Å². The third-order valence-electron chi connectivity index (χ3n) is 1.46. The lowest BCUT2D eigenvalue weighted by molar-refractivity contribution is 0.930. The molecule has 0 unspecified atom stereocenters. The third kappa shape index (κ3) is 2.08. The first-order valence-corrected chi connectivity index (χ1v) is 4.59. The second-order valence-corrected chi connectivity index (χ2v) is 5.63. The van der Waals surface area contributed by atoms with E-state index in [0.29, 0.717) is 0 Å². The number of rotatable bonds is 1. The summed E-state index contributed by atoms with van der Waals surface area (Å²) >= 11 is 2.41. The van der Waals surface area contributed by atoms with Gasteiger partial charge in [-0.2, -0.15) is 0 Å². The highest BCUT2D eigenvalue weighted by Gasteiger charge is 2.18. The molecule has 0 spiro atoms. The van der Waals surface area contributed by atoms with Gasteiger partial charge in [-0.25, -0.2) is 0 Å². The van der Waals surface area contributed by atoms with Gasteiger partial charge in [0.1, 0.15) is 0 Å². The molecule has 0 amide bonds.